The summed E-state index contributed by atoms with van der Waals surface area (Å²) in [5, 5.41) is 2.92. The van der Waals surface area contributed by atoms with E-state index in [-0.39, 0.29) is 23.7 Å². The maximum absolute atomic E-state index is 12.0. The fourth-order valence-corrected chi connectivity index (χ4v) is 2.20. The minimum atomic E-state index is -0.00349. The van der Waals surface area contributed by atoms with Gasteiger partial charge in [-0.15, -0.1) is 12.4 Å². The molecule has 0 aliphatic carbocycles. The number of likely N-dealkylation sites (N-methyl/N-ethyl adjacent to an activating group) is 1. The molecule has 1 aromatic rings. The molecular formula is C16H28ClN3O2. The highest BCUT2D eigenvalue weighted by atomic mass is 35.5. The SMILES string of the molecule is COc1ccccc1CNC(=O)CN(C)CC(C)(C)CN.Cl. The highest BCUT2D eigenvalue weighted by Gasteiger charge is 2.19. The number of para-hydroxylation sites is 1. The van der Waals surface area contributed by atoms with E-state index in [2.05, 4.69) is 19.2 Å². The van der Waals surface area contributed by atoms with Crippen molar-refractivity contribution in [3.63, 3.8) is 0 Å². The number of nitrogens with two attached hydrogens (primary N) is 1. The minimum Gasteiger partial charge on any atom is -0.496 e. The van der Waals surface area contributed by atoms with Crippen LogP contribution in [0.25, 0.3) is 0 Å². The molecule has 0 saturated carbocycles. The van der Waals surface area contributed by atoms with E-state index in [0.29, 0.717) is 19.6 Å². The number of carbonyl (C=O) groups excluding carboxylic acids is 1. The summed E-state index contributed by atoms with van der Waals surface area (Å²) < 4.78 is 5.26. The molecule has 0 atom stereocenters. The average molecular weight is 330 g/mol. The van der Waals surface area contributed by atoms with Crippen molar-refractivity contribution < 1.29 is 9.53 Å². The first-order valence-corrected chi connectivity index (χ1v) is 7.15. The first-order chi connectivity index (χ1) is 9.88. The van der Waals surface area contributed by atoms with Gasteiger partial charge in [0.2, 0.25) is 5.91 Å². The first-order valence-electron chi connectivity index (χ1n) is 7.15. The summed E-state index contributed by atoms with van der Waals surface area (Å²) in [6.07, 6.45) is 0. The summed E-state index contributed by atoms with van der Waals surface area (Å²) >= 11 is 0. The Morgan fingerprint density at radius 2 is 2.00 bits per heavy atom. The number of carbonyl (C=O) groups is 1. The van der Waals surface area contributed by atoms with E-state index >= 15 is 0 Å². The zero-order valence-electron chi connectivity index (χ0n) is 13.9. The number of halogens is 1. The van der Waals surface area contributed by atoms with E-state index in [4.69, 9.17) is 10.5 Å². The molecule has 0 aromatic heterocycles. The van der Waals surface area contributed by atoms with Crippen LogP contribution in [-0.4, -0.2) is 44.6 Å². The Morgan fingerprint density at radius 3 is 2.59 bits per heavy atom. The molecule has 0 radical (unpaired) electrons. The number of nitrogens with one attached hydrogen (secondary N) is 1. The van der Waals surface area contributed by atoms with Crippen molar-refractivity contribution in [2.24, 2.45) is 11.1 Å². The van der Waals surface area contributed by atoms with Crippen LogP contribution in [0.15, 0.2) is 24.3 Å². The van der Waals surface area contributed by atoms with Crippen LogP contribution >= 0.6 is 12.4 Å². The van der Waals surface area contributed by atoms with Crippen LogP contribution in [0.2, 0.25) is 0 Å². The molecule has 1 aromatic carbocycles. The highest BCUT2D eigenvalue weighted by Crippen LogP contribution is 2.16. The van der Waals surface area contributed by atoms with Gasteiger partial charge in [0, 0.05) is 18.7 Å². The number of nitrogens with zero attached hydrogens (tertiary/aromatic N) is 1. The number of ether oxygens (including phenoxy) is 1. The van der Waals surface area contributed by atoms with Crippen LogP contribution in [-0.2, 0) is 11.3 Å². The highest BCUT2D eigenvalue weighted by molar-refractivity contribution is 5.85. The molecule has 0 saturated heterocycles. The molecule has 0 aliphatic heterocycles. The quantitative estimate of drug-likeness (QED) is 0.761. The summed E-state index contributed by atoms with van der Waals surface area (Å²) in [6.45, 7) is 6.40. The van der Waals surface area contributed by atoms with Crippen LogP contribution < -0.4 is 15.8 Å². The van der Waals surface area contributed by atoms with E-state index in [9.17, 15) is 4.79 Å². The molecule has 1 rings (SSSR count). The van der Waals surface area contributed by atoms with Gasteiger partial charge in [-0.25, -0.2) is 0 Å². The van der Waals surface area contributed by atoms with Gasteiger partial charge in [-0.05, 0) is 25.1 Å². The Balaban J connectivity index is 0.00000441. The van der Waals surface area contributed by atoms with Crippen LogP contribution in [0.1, 0.15) is 19.4 Å². The van der Waals surface area contributed by atoms with Crippen molar-refractivity contribution in [2.75, 3.05) is 33.8 Å². The lowest BCUT2D eigenvalue weighted by molar-refractivity contribution is -0.122. The maximum atomic E-state index is 12.0. The van der Waals surface area contributed by atoms with Gasteiger partial charge in [-0.3, -0.25) is 9.69 Å². The van der Waals surface area contributed by atoms with E-state index < -0.39 is 0 Å². The predicted octanol–water partition coefficient (Wildman–Crippen LogP) is 1.65. The van der Waals surface area contributed by atoms with Crippen molar-refractivity contribution in [1.82, 2.24) is 10.2 Å². The van der Waals surface area contributed by atoms with Crippen molar-refractivity contribution in [1.29, 1.82) is 0 Å². The van der Waals surface area contributed by atoms with E-state index in [0.717, 1.165) is 17.9 Å². The second-order valence-electron chi connectivity index (χ2n) is 6.13. The maximum Gasteiger partial charge on any atom is 0.234 e. The average Bonchev–Trinajstić information content (AvgIpc) is 2.44. The number of benzene rings is 1. The summed E-state index contributed by atoms with van der Waals surface area (Å²) in [5.41, 5.74) is 6.69. The molecule has 6 heteroatoms. The third-order valence-corrected chi connectivity index (χ3v) is 3.33. The standard InChI is InChI=1S/C16H27N3O2.ClH/c1-16(2,11-17)12-19(3)10-15(20)18-9-13-7-5-6-8-14(13)21-4;/h5-8H,9-12,17H2,1-4H3,(H,18,20);1H. The molecule has 0 aliphatic rings. The molecule has 126 valence electrons. The number of hydrogen-bond donors (Lipinski definition) is 2. The van der Waals surface area contributed by atoms with Gasteiger partial charge in [0.25, 0.3) is 0 Å². The number of rotatable bonds is 8. The molecule has 5 nitrogen and oxygen atoms in total. The van der Waals surface area contributed by atoms with Gasteiger partial charge >= 0.3 is 0 Å². The molecule has 0 fully saturated rings. The molecule has 1 amide bonds. The first kappa shape index (κ1) is 20.7. The summed E-state index contributed by atoms with van der Waals surface area (Å²) in [4.78, 5) is 14.0. The zero-order valence-corrected chi connectivity index (χ0v) is 14.7. The van der Waals surface area contributed by atoms with Crippen LogP contribution in [0.3, 0.4) is 0 Å². The Kier molecular flexibility index (Phi) is 9.09. The summed E-state index contributed by atoms with van der Waals surface area (Å²) in [7, 11) is 3.56. The summed E-state index contributed by atoms with van der Waals surface area (Å²) in [6, 6.07) is 7.67. The Morgan fingerprint density at radius 1 is 1.36 bits per heavy atom. The fraction of sp³-hybridized carbons (Fsp3) is 0.562. The fourth-order valence-electron chi connectivity index (χ4n) is 2.20. The third-order valence-electron chi connectivity index (χ3n) is 3.33. The van der Waals surface area contributed by atoms with Gasteiger partial charge < -0.3 is 15.8 Å². The summed E-state index contributed by atoms with van der Waals surface area (Å²) in [5.74, 6) is 0.784. The van der Waals surface area contributed by atoms with Gasteiger partial charge in [0.1, 0.15) is 5.75 Å². The molecule has 0 bridgehead atoms. The van der Waals surface area contributed by atoms with E-state index in [1.807, 2.05) is 36.2 Å². The van der Waals surface area contributed by atoms with E-state index in [1.165, 1.54) is 0 Å². The zero-order chi connectivity index (χ0) is 15.9. The van der Waals surface area contributed by atoms with Gasteiger partial charge in [0.15, 0.2) is 0 Å². The van der Waals surface area contributed by atoms with Gasteiger partial charge in [0.05, 0.1) is 13.7 Å². The molecular weight excluding hydrogens is 302 g/mol. The van der Waals surface area contributed by atoms with E-state index in [1.54, 1.807) is 7.11 Å². The smallest absolute Gasteiger partial charge is 0.234 e. The molecule has 0 spiro atoms. The minimum absolute atomic E-state index is 0. The van der Waals surface area contributed by atoms with Crippen molar-refractivity contribution >= 4 is 18.3 Å². The number of amides is 1. The third kappa shape index (κ3) is 7.11. The number of methoxy groups -OCH3 is 1. The Labute approximate surface area is 139 Å². The van der Waals surface area contributed by atoms with Gasteiger partial charge in [-0.1, -0.05) is 32.0 Å². The normalized spacial score (nSPS) is 11.0. The van der Waals surface area contributed by atoms with Crippen LogP contribution in [0.5, 0.6) is 5.75 Å². The van der Waals surface area contributed by atoms with Crippen LogP contribution in [0.4, 0.5) is 0 Å². The predicted molar refractivity (Wildman–Crippen MR) is 92.4 cm³/mol. The molecule has 22 heavy (non-hydrogen) atoms. The lowest BCUT2D eigenvalue weighted by Crippen LogP contribution is -2.41. The molecule has 0 heterocycles. The van der Waals surface area contributed by atoms with Gasteiger partial charge in [-0.2, -0.15) is 0 Å². The monoisotopic (exact) mass is 329 g/mol. The van der Waals surface area contributed by atoms with Crippen molar-refractivity contribution in [3.05, 3.63) is 29.8 Å². The topological polar surface area (TPSA) is 67.6 Å². The second-order valence-corrected chi connectivity index (χ2v) is 6.13. The lowest BCUT2D eigenvalue weighted by atomic mass is 9.93. The Bertz CT molecular complexity index is 466. The molecule has 3 N–H and O–H groups in total. The van der Waals surface area contributed by atoms with Crippen molar-refractivity contribution in [3.8, 4) is 5.75 Å². The lowest BCUT2D eigenvalue weighted by Gasteiger charge is -2.28. The Hall–Kier alpha value is -1.30. The van der Waals surface area contributed by atoms with Crippen LogP contribution in [0, 0.1) is 5.41 Å². The second kappa shape index (κ2) is 9.66. The van der Waals surface area contributed by atoms with Crippen molar-refractivity contribution in [2.45, 2.75) is 20.4 Å². The largest absolute Gasteiger partial charge is 0.496 e. The molecule has 0 unspecified atom stereocenters. The number of hydrogen-bond acceptors (Lipinski definition) is 4.